The van der Waals surface area contributed by atoms with E-state index >= 15 is 0 Å². The number of nitrogens with two attached hydrogens (primary N) is 1. The molecule has 2 amide bonds. The van der Waals surface area contributed by atoms with Gasteiger partial charge in [0.15, 0.2) is 5.82 Å². The van der Waals surface area contributed by atoms with E-state index in [2.05, 4.69) is 9.73 Å². The van der Waals surface area contributed by atoms with Crippen LogP contribution in [-0.2, 0) is 6.18 Å². The Morgan fingerprint density at radius 3 is 2.11 bits per heavy atom. The molecule has 0 spiro atoms. The molecule has 0 aliphatic carbocycles. The Morgan fingerprint density at radius 1 is 0.944 bits per heavy atom. The van der Waals surface area contributed by atoms with Crippen molar-refractivity contribution in [3.8, 4) is 17.2 Å². The molecule has 1 aromatic heterocycles. The topological polar surface area (TPSA) is 116 Å². The van der Waals surface area contributed by atoms with Crippen molar-refractivity contribution < 1.29 is 55.0 Å². The van der Waals surface area contributed by atoms with E-state index in [4.69, 9.17) is 10.5 Å². The number of benzene rings is 2. The monoisotopic (exact) mass is 519 g/mol. The molecular weight excluding hydrogens is 507 g/mol. The number of aromatic nitrogens is 1. The number of pyridine rings is 1. The molecular formula is C21H12F7N3O5. The van der Waals surface area contributed by atoms with E-state index in [-0.39, 0.29) is 15.8 Å². The molecule has 0 atom stereocenters. The van der Waals surface area contributed by atoms with Crippen LogP contribution < -0.4 is 20.6 Å². The molecule has 0 saturated carbocycles. The second-order valence-corrected chi connectivity index (χ2v) is 6.82. The quantitative estimate of drug-likeness (QED) is 0.383. The second kappa shape index (κ2) is 9.59. The summed E-state index contributed by atoms with van der Waals surface area (Å²) in [6.45, 7) is 0. The van der Waals surface area contributed by atoms with E-state index in [1.54, 1.807) is 0 Å². The van der Waals surface area contributed by atoms with Gasteiger partial charge in [0.25, 0.3) is 11.8 Å². The predicted molar refractivity (Wildman–Crippen MR) is 105 cm³/mol. The third-order valence-corrected chi connectivity index (χ3v) is 4.31. The molecule has 3 N–H and O–H groups in total. The minimum absolute atomic E-state index is 0.283. The molecule has 1 heterocycles. The highest BCUT2D eigenvalue weighted by atomic mass is 19.4. The molecule has 0 radical (unpaired) electrons. The van der Waals surface area contributed by atoms with Gasteiger partial charge in [0.05, 0.1) is 10.9 Å². The van der Waals surface area contributed by atoms with Crippen LogP contribution in [0.4, 0.5) is 30.7 Å². The Labute approximate surface area is 195 Å². The summed E-state index contributed by atoms with van der Waals surface area (Å²) in [6, 6.07) is 6.18. The number of amides is 2. The zero-order chi connectivity index (χ0) is 26.8. The third-order valence-electron chi connectivity index (χ3n) is 4.31. The number of hydrogen-bond acceptors (Lipinski definition) is 5. The molecule has 0 saturated heterocycles. The van der Waals surface area contributed by atoms with Gasteiger partial charge in [0.2, 0.25) is 0 Å². The number of carbonyl (C=O) groups is 2. The molecule has 3 aromatic rings. The van der Waals surface area contributed by atoms with E-state index in [1.165, 1.54) is 0 Å². The highest BCUT2D eigenvalue weighted by Crippen LogP contribution is 2.37. The molecule has 0 aliphatic heterocycles. The number of halogens is 7. The number of alkyl halides is 6. The Balaban J connectivity index is 2.07. The summed E-state index contributed by atoms with van der Waals surface area (Å²) in [4.78, 5) is 27.5. The Bertz CT molecular complexity index is 1380. The maximum atomic E-state index is 14.9. The summed E-state index contributed by atoms with van der Waals surface area (Å²) in [5.74, 6) is -6.42. The molecule has 0 bridgehead atoms. The first-order valence-corrected chi connectivity index (χ1v) is 9.40. The lowest BCUT2D eigenvalue weighted by Gasteiger charge is -2.15. The van der Waals surface area contributed by atoms with Crippen LogP contribution in [0.1, 0.15) is 26.4 Å². The summed E-state index contributed by atoms with van der Waals surface area (Å²) >= 11 is 0. The second-order valence-electron chi connectivity index (χ2n) is 6.82. The Hall–Kier alpha value is -4.56. The number of rotatable bonds is 5. The summed E-state index contributed by atoms with van der Waals surface area (Å²) in [7, 11) is 0. The summed E-state index contributed by atoms with van der Waals surface area (Å²) in [6.07, 6.45) is -9.35. The first-order valence-electron chi connectivity index (χ1n) is 9.40. The van der Waals surface area contributed by atoms with Crippen LogP contribution in [0.3, 0.4) is 0 Å². The molecule has 0 unspecified atom stereocenters. The van der Waals surface area contributed by atoms with Gasteiger partial charge in [-0.25, -0.2) is 9.38 Å². The average Bonchev–Trinajstić information content (AvgIpc) is 2.74. The van der Waals surface area contributed by atoms with E-state index in [0.29, 0.717) is 12.1 Å². The summed E-state index contributed by atoms with van der Waals surface area (Å²) in [5.41, 5.74) is 1.42. The number of primary amides is 1. The minimum atomic E-state index is -5.21. The van der Waals surface area contributed by atoms with Crippen LogP contribution in [0, 0.1) is 5.82 Å². The summed E-state index contributed by atoms with van der Waals surface area (Å²) in [5, 5.41) is 9.15. The molecule has 8 nitrogen and oxygen atoms in total. The van der Waals surface area contributed by atoms with Crippen molar-refractivity contribution in [1.82, 2.24) is 4.73 Å². The van der Waals surface area contributed by atoms with Crippen LogP contribution >= 0.6 is 0 Å². The van der Waals surface area contributed by atoms with Crippen LogP contribution in [0.2, 0.25) is 0 Å². The van der Waals surface area contributed by atoms with Gasteiger partial charge >= 0.3 is 12.5 Å². The van der Waals surface area contributed by atoms with Gasteiger partial charge in [-0.05, 0) is 48.5 Å². The van der Waals surface area contributed by atoms with Gasteiger partial charge < -0.3 is 20.4 Å². The largest absolute Gasteiger partial charge is 0.573 e. The first kappa shape index (κ1) is 26.1. The lowest BCUT2D eigenvalue weighted by Crippen LogP contribution is -2.22. The maximum Gasteiger partial charge on any atom is 0.573 e. The normalized spacial score (nSPS) is 12.4. The van der Waals surface area contributed by atoms with Crippen molar-refractivity contribution >= 4 is 11.8 Å². The minimum Gasteiger partial charge on any atom is -0.456 e. The zero-order valence-electron chi connectivity index (χ0n) is 17.4. The van der Waals surface area contributed by atoms with Crippen molar-refractivity contribution in [2.75, 3.05) is 0 Å². The number of ether oxygens (including phenoxy) is 2. The number of carbonyl (C=O) groups excluding carboxylic acids is 2. The molecule has 0 aliphatic rings. The van der Waals surface area contributed by atoms with E-state index < -0.39 is 58.5 Å². The van der Waals surface area contributed by atoms with Crippen molar-refractivity contribution in [3.63, 3.8) is 0 Å². The van der Waals surface area contributed by atoms with Gasteiger partial charge in [-0.15, -0.1) is 13.2 Å². The van der Waals surface area contributed by atoms with Crippen molar-refractivity contribution in [2.24, 2.45) is 10.7 Å². The van der Waals surface area contributed by atoms with Gasteiger partial charge in [-0.3, -0.25) is 9.59 Å². The fourth-order valence-corrected chi connectivity index (χ4v) is 2.81. The van der Waals surface area contributed by atoms with E-state index in [9.17, 15) is 45.5 Å². The highest BCUT2D eigenvalue weighted by molar-refractivity contribution is 5.98. The highest BCUT2D eigenvalue weighted by Gasteiger charge is 2.37. The van der Waals surface area contributed by atoms with Gasteiger partial charge in [0.1, 0.15) is 28.5 Å². The van der Waals surface area contributed by atoms with E-state index in [0.717, 1.165) is 42.6 Å². The standard InChI is InChI=1S/C21H12F7N3O5/c22-17-13(20(23,24)25)5-6-15(35-11-1-3-12(4-2-11)36-21(26,27)28)16(17)19(33)30-10-7-8-31(34)14(9-10)18(29)32/h1-9,34H,(H2,29,32). The van der Waals surface area contributed by atoms with E-state index in [1.807, 2.05) is 0 Å². The van der Waals surface area contributed by atoms with Crippen molar-refractivity contribution in [3.05, 3.63) is 82.7 Å². The first-order chi connectivity index (χ1) is 16.7. The molecule has 3 rings (SSSR count). The Morgan fingerprint density at radius 2 is 1.56 bits per heavy atom. The Kier molecular flexibility index (Phi) is 6.94. The molecule has 15 heteroatoms. The van der Waals surface area contributed by atoms with Crippen LogP contribution in [0.15, 0.2) is 59.7 Å². The average molecular weight is 519 g/mol. The van der Waals surface area contributed by atoms with Gasteiger partial charge in [-0.1, -0.05) is 0 Å². The predicted octanol–water partition coefficient (Wildman–Crippen LogP) is 4.41. The maximum absolute atomic E-state index is 14.9. The lowest BCUT2D eigenvalue weighted by atomic mass is 10.1. The number of hydrogen-bond donors (Lipinski definition) is 2. The third kappa shape index (κ3) is 6.11. The fraction of sp³-hybridized carbons (Fsp3) is 0.0952. The molecule has 36 heavy (non-hydrogen) atoms. The molecule has 190 valence electrons. The lowest BCUT2D eigenvalue weighted by molar-refractivity contribution is -0.274. The van der Waals surface area contributed by atoms with Crippen molar-refractivity contribution in [2.45, 2.75) is 12.5 Å². The molecule has 2 aromatic carbocycles. The SMILES string of the molecule is NC(=O)c1cc(=NC(=O)c2c(Oc3ccc(OC(F)(F)F)cc3)ccc(C(F)(F)F)c2F)ccn1O. The van der Waals surface area contributed by atoms with Gasteiger partial charge in [-0.2, -0.15) is 17.9 Å². The van der Waals surface area contributed by atoms with Crippen LogP contribution in [0.5, 0.6) is 17.2 Å². The van der Waals surface area contributed by atoms with Crippen LogP contribution in [-0.4, -0.2) is 28.1 Å². The van der Waals surface area contributed by atoms with Crippen LogP contribution in [0.25, 0.3) is 0 Å². The fourth-order valence-electron chi connectivity index (χ4n) is 2.81. The zero-order valence-corrected chi connectivity index (χ0v) is 17.4. The number of nitrogens with zero attached hydrogens (tertiary/aromatic N) is 2. The smallest absolute Gasteiger partial charge is 0.456 e. The van der Waals surface area contributed by atoms with Crippen molar-refractivity contribution in [1.29, 1.82) is 0 Å². The van der Waals surface area contributed by atoms with Gasteiger partial charge in [0, 0.05) is 6.20 Å². The molecule has 0 fully saturated rings. The summed E-state index contributed by atoms with van der Waals surface area (Å²) < 4.78 is 101.